The summed E-state index contributed by atoms with van der Waals surface area (Å²) in [6, 6.07) is 12.1. The van der Waals surface area contributed by atoms with E-state index >= 15 is 0 Å². The van der Waals surface area contributed by atoms with Gasteiger partial charge in [-0.05, 0) is 29.5 Å². The molecule has 5 nitrogen and oxygen atoms in total. The lowest BCUT2D eigenvalue weighted by Crippen LogP contribution is -2.29. The number of hydrogen-bond acceptors (Lipinski definition) is 6. The Hall–Kier alpha value is -2.12. The fraction of sp³-hybridized carbons (Fsp3) is 0.278. The standard InChI is InChI=1S/C18H17N3O2S2/c22-17(21-9-7-13-4-1-2-5-14(13)21)8-11-24-12-16-19-18(20-23-16)15-6-3-10-25-15/h1-6,10H,7-9,11-12H2. The Labute approximate surface area is 154 Å². The van der Waals surface area contributed by atoms with Gasteiger partial charge in [0.2, 0.25) is 17.6 Å². The lowest BCUT2D eigenvalue weighted by atomic mass is 10.2. The van der Waals surface area contributed by atoms with Crippen LogP contribution >= 0.6 is 23.1 Å². The van der Waals surface area contributed by atoms with Gasteiger partial charge >= 0.3 is 0 Å². The van der Waals surface area contributed by atoms with Crippen molar-refractivity contribution in [2.75, 3.05) is 17.2 Å². The third-order valence-electron chi connectivity index (χ3n) is 4.08. The minimum Gasteiger partial charge on any atom is -0.338 e. The first-order valence-electron chi connectivity index (χ1n) is 8.14. The van der Waals surface area contributed by atoms with E-state index in [4.69, 9.17) is 4.52 Å². The van der Waals surface area contributed by atoms with E-state index in [1.165, 1.54) is 5.56 Å². The molecular weight excluding hydrogens is 354 g/mol. The molecule has 0 radical (unpaired) electrons. The monoisotopic (exact) mass is 371 g/mol. The maximum absolute atomic E-state index is 12.4. The number of nitrogens with zero attached hydrogens (tertiary/aromatic N) is 3. The van der Waals surface area contributed by atoms with Crippen molar-refractivity contribution in [2.24, 2.45) is 0 Å². The summed E-state index contributed by atoms with van der Waals surface area (Å²) in [6.07, 6.45) is 1.47. The van der Waals surface area contributed by atoms with Gasteiger partial charge in [0.15, 0.2) is 0 Å². The van der Waals surface area contributed by atoms with Crippen LogP contribution in [0.25, 0.3) is 10.7 Å². The van der Waals surface area contributed by atoms with Crippen molar-refractivity contribution in [3.05, 3.63) is 53.2 Å². The lowest BCUT2D eigenvalue weighted by Gasteiger charge is -2.16. The summed E-state index contributed by atoms with van der Waals surface area (Å²) in [6.45, 7) is 0.788. The normalized spacial score (nSPS) is 13.2. The van der Waals surface area contributed by atoms with E-state index in [9.17, 15) is 4.79 Å². The van der Waals surface area contributed by atoms with Gasteiger partial charge in [0, 0.05) is 24.4 Å². The van der Waals surface area contributed by atoms with Crippen molar-refractivity contribution in [3.8, 4) is 10.7 Å². The summed E-state index contributed by atoms with van der Waals surface area (Å²) < 4.78 is 5.27. The average molecular weight is 371 g/mol. The Morgan fingerprint density at radius 2 is 2.20 bits per heavy atom. The number of anilines is 1. The summed E-state index contributed by atoms with van der Waals surface area (Å²) in [5, 5.41) is 5.98. The number of amides is 1. The van der Waals surface area contributed by atoms with Gasteiger partial charge in [-0.2, -0.15) is 16.7 Å². The molecule has 0 N–H and O–H groups in total. The van der Waals surface area contributed by atoms with Crippen molar-refractivity contribution >= 4 is 34.7 Å². The van der Waals surface area contributed by atoms with Gasteiger partial charge in [-0.15, -0.1) is 11.3 Å². The third kappa shape index (κ3) is 3.62. The molecule has 0 saturated heterocycles. The third-order valence-corrected chi connectivity index (χ3v) is 5.89. The van der Waals surface area contributed by atoms with Crippen LogP contribution in [0.5, 0.6) is 0 Å². The molecular formula is C18H17N3O2S2. The van der Waals surface area contributed by atoms with Crippen LogP contribution in [-0.4, -0.2) is 28.3 Å². The molecule has 0 atom stereocenters. The molecule has 4 rings (SSSR count). The SMILES string of the molecule is O=C(CCSCc1nc(-c2cccs2)no1)N1CCc2ccccc21. The fourth-order valence-corrected chi connectivity index (χ4v) is 4.27. The molecule has 1 aromatic carbocycles. The largest absolute Gasteiger partial charge is 0.338 e. The van der Waals surface area contributed by atoms with Crippen LogP contribution in [0.4, 0.5) is 5.69 Å². The number of aromatic nitrogens is 2. The molecule has 7 heteroatoms. The highest BCUT2D eigenvalue weighted by Gasteiger charge is 2.23. The highest BCUT2D eigenvalue weighted by Crippen LogP contribution is 2.28. The maximum Gasteiger partial charge on any atom is 0.236 e. The van der Waals surface area contributed by atoms with Gasteiger partial charge in [0.1, 0.15) is 0 Å². The van der Waals surface area contributed by atoms with E-state index in [-0.39, 0.29) is 5.91 Å². The van der Waals surface area contributed by atoms with Crippen molar-refractivity contribution in [1.29, 1.82) is 0 Å². The molecule has 25 heavy (non-hydrogen) atoms. The second-order valence-corrected chi connectivity index (χ2v) is 7.77. The summed E-state index contributed by atoms with van der Waals surface area (Å²) in [5.41, 5.74) is 2.32. The van der Waals surface area contributed by atoms with Crippen molar-refractivity contribution in [3.63, 3.8) is 0 Å². The average Bonchev–Trinajstić information content (AvgIpc) is 3.38. The lowest BCUT2D eigenvalue weighted by molar-refractivity contribution is -0.118. The van der Waals surface area contributed by atoms with E-state index in [0.29, 0.717) is 23.9 Å². The van der Waals surface area contributed by atoms with E-state index in [0.717, 1.165) is 29.3 Å². The summed E-state index contributed by atoms with van der Waals surface area (Å²) >= 11 is 3.23. The number of para-hydroxylation sites is 1. The zero-order valence-corrected chi connectivity index (χ0v) is 15.2. The van der Waals surface area contributed by atoms with Gasteiger partial charge < -0.3 is 9.42 Å². The molecule has 1 aliphatic heterocycles. The van der Waals surface area contributed by atoms with Gasteiger partial charge in [0.05, 0.1) is 10.6 Å². The summed E-state index contributed by atoms with van der Waals surface area (Å²) in [5.74, 6) is 2.79. The van der Waals surface area contributed by atoms with Gasteiger partial charge in [-0.1, -0.05) is 29.4 Å². The first-order chi connectivity index (χ1) is 12.3. The maximum atomic E-state index is 12.4. The molecule has 128 valence electrons. The zero-order valence-electron chi connectivity index (χ0n) is 13.6. The second kappa shape index (κ2) is 7.41. The molecule has 0 spiro atoms. The van der Waals surface area contributed by atoms with Crippen molar-refractivity contribution in [1.82, 2.24) is 10.1 Å². The van der Waals surface area contributed by atoms with Crippen LogP contribution in [0.15, 0.2) is 46.3 Å². The summed E-state index contributed by atoms with van der Waals surface area (Å²) in [7, 11) is 0. The molecule has 0 aliphatic carbocycles. The number of thioether (sulfide) groups is 1. The van der Waals surface area contributed by atoms with Crippen LogP contribution in [0.2, 0.25) is 0 Å². The van der Waals surface area contributed by atoms with E-state index in [1.54, 1.807) is 23.1 Å². The van der Waals surface area contributed by atoms with E-state index in [1.807, 2.05) is 40.6 Å². The number of carbonyl (C=O) groups excluding carboxylic acids is 1. The minimum absolute atomic E-state index is 0.183. The number of benzene rings is 1. The van der Waals surface area contributed by atoms with E-state index in [2.05, 4.69) is 16.2 Å². The van der Waals surface area contributed by atoms with Crippen molar-refractivity contribution < 1.29 is 9.32 Å². The molecule has 1 amide bonds. The minimum atomic E-state index is 0.183. The Morgan fingerprint density at radius 3 is 3.08 bits per heavy atom. The Kier molecular flexibility index (Phi) is 4.85. The molecule has 3 heterocycles. The molecule has 3 aromatic rings. The molecule has 0 saturated carbocycles. The molecule has 1 aliphatic rings. The topological polar surface area (TPSA) is 59.2 Å². The predicted octanol–water partition coefficient (Wildman–Crippen LogP) is 4.01. The van der Waals surface area contributed by atoms with Crippen LogP contribution < -0.4 is 4.90 Å². The van der Waals surface area contributed by atoms with Gasteiger partial charge in [-0.25, -0.2) is 0 Å². The molecule has 2 aromatic heterocycles. The first kappa shape index (κ1) is 16.4. The Balaban J connectivity index is 1.25. The number of carbonyl (C=O) groups is 1. The Morgan fingerprint density at radius 1 is 1.28 bits per heavy atom. The van der Waals surface area contributed by atoms with Crippen LogP contribution in [-0.2, 0) is 17.0 Å². The highest BCUT2D eigenvalue weighted by molar-refractivity contribution is 7.98. The van der Waals surface area contributed by atoms with Crippen molar-refractivity contribution in [2.45, 2.75) is 18.6 Å². The van der Waals surface area contributed by atoms with Gasteiger partial charge in [0.25, 0.3) is 0 Å². The zero-order chi connectivity index (χ0) is 17.1. The second-order valence-electron chi connectivity index (χ2n) is 5.72. The number of fused-ring (bicyclic) bond motifs is 1. The van der Waals surface area contributed by atoms with Crippen LogP contribution in [0.3, 0.4) is 0 Å². The predicted molar refractivity (Wildman–Crippen MR) is 101 cm³/mol. The quantitative estimate of drug-likeness (QED) is 0.613. The number of hydrogen-bond donors (Lipinski definition) is 0. The number of rotatable bonds is 6. The molecule has 0 bridgehead atoms. The number of thiophene rings is 1. The van der Waals surface area contributed by atoms with Gasteiger partial charge in [-0.3, -0.25) is 4.79 Å². The Bertz CT molecular complexity index is 861. The smallest absolute Gasteiger partial charge is 0.236 e. The molecule has 0 fully saturated rings. The highest BCUT2D eigenvalue weighted by atomic mass is 32.2. The van der Waals surface area contributed by atoms with Crippen LogP contribution in [0.1, 0.15) is 17.9 Å². The summed E-state index contributed by atoms with van der Waals surface area (Å²) in [4.78, 5) is 19.7. The molecule has 0 unspecified atom stereocenters. The van der Waals surface area contributed by atoms with Crippen LogP contribution in [0, 0.1) is 0 Å². The van der Waals surface area contributed by atoms with E-state index < -0.39 is 0 Å². The first-order valence-corrected chi connectivity index (χ1v) is 10.2. The fourth-order valence-electron chi connectivity index (χ4n) is 2.87.